The highest BCUT2D eigenvalue weighted by atomic mass is 35.5. The molecule has 4 rings (SSSR count). The summed E-state index contributed by atoms with van der Waals surface area (Å²) in [5.41, 5.74) is 4.49. The number of carbonyl (C=O) groups excluding carboxylic acids is 2. The standard InChI is InChI=1S/C29H32ClNO4/c1-16(2)34-25-9-7-6-8-22(25)27-26(29(33)35-17(3)4)18(5)31-23-14-20(15-24(32)28(23)27)19-10-12-21(30)13-11-19/h6-13,16-17,20,27,31H,14-15H2,1-5H3/t20-,27+/m0/s1. The minimum absolute atomic E-state index is 0.0189. The topological polar surface area (TPSA) is 64.6 Å². The largest absolute Gasteiger partial charge is 0.491 e. The second-order valence-electron chi connectivity index (χ2n) is 9.73. The Kier molecular flexibility index (Phi) is 7.36. The van der Waals surface area contributed by atoms with Gasteiger partial charge in [-0.3, -0.25) is 4.79 Å². The van der Waals surface area contributed by atoms with Crippen LogP contribution in [0.4, 0.5) is 0 Å². The first kappa shape index (κ1) is 25.1. The van der Waals surface area contributed by atoms with Gasteiger partial charge >= 0.3 is 5.97 Å². The highest BCUT2D eigenvalue weighted by molar-refractivity contribution is 6.30. The lowest BCUT2D eigenvalue weighted by atomic mass is 9.71. The quantitative estimate of drug-likeness (QED) is 0.469. The number of para-hydroxylation sites is 1. The molecule has 0 bridgehead atoms. The molecule has 0 spiro atoms. The van der Waals surface area contributed by atoms with Crippen LogP contribution in [0, 0.1) is 0 Å². The van der Waals surface area contributed by atoms with Gasteiger partial charge in [0.1, 0.15) is 5.75 Å². The predicted octanol–water partition coefficient (Wildman–Crippen LogP) is 6.44. The Morgan fingerprint density at radius 1 is 1.00 bits per heavy atom. The highest BCUT2D eigenvalue weighted by Crippen LogP contribution is 2.48. The number of ketones is 1. The number of allylic oxidation sites excluding steroid dienone is 3. The number of ether oxygens (including phenoxy) is 2. The molecule has 184 valence electrons. The molecular weight excluding hydrogens is 462 g/mol. The molecule has 6 heteroatoms. The minimum Gasteiger partial charge on any atom is -0.491 e. The molecule has 2 aromatic rings. The van der Waals surface area contributed by atoms with Crippen LogP contribution in [0.2, 0.25) is 5.02 Å². The highest BCUT2D eigenvalue weighted by Gasteiger charge is 2.42. The first-order chi connectivity index (χ1) is 16.7. The predicted molar refractivity (Wildman–Crippen MR) is 137 cm³/mol. The Labute approximate surface area is 212 Å². The summed E-state index contributed by atoms with van der Waals surface area (Å²) in [6.45, 7) is 9.43. The van der Waals surface area contributed by atoms with Gasteiger partial charge in [0.15, 0.2) is 5.78 Å². The van der Waals surface area contributed by atoms with E-state index in [1.54, 1.807) is 0 Å². The average Bonchev–Trinajstić information content (AvgIpc) is 2.78. The van der Waals surface area contributed by atoms with Crippen molar-refractivity contribution in [1.82, 2.24) is 5.32 Å². The lowest BCUT2D eigenvalue weighted by molar-refractivity contribution is -0.143. The number of benzene rings is 2. The van der Waals surface area contributed by atoms with Crippen LogP contribution in [-0.4, -0.2) is 24.0 Å². The molecule has 35 heavy (non-hydrogen) atoms. The molecular formula is C29H32ClNO4. The van der Waals surface area contributed by atoms with Crippen LogP contribution in [0.25, 0.3) is 0 Å². The van der Waals surface area contributed by atoms with Crippen LogP contribution in [0.3, 0.4) is 0 Å². The maximum atomic E-state index is 13.8. The SMILES string of the molecule is CC1=C(C(=O)OC(C)C)[C@@H](c2ccccc2OC(C)C)C2=C(C[C@H](c3ccc(Cl)cc3)CC2=O)N1. The van der Waals surface area contributed by atoms with E-state index in [1.165, 1.54) is 0 Å². The Hall–Kier alpha value is -3.05. The van der Waals surface area contributed by atoms with Crippen molar-refractivity contribution < 1.29 is 19.1 Å². The maximum absolute atomic E-state index is 13.8. The Morgan fingerprint density at radius 2 is 1.69 bits per heavy atom. The van der Waals surface area contributed by atoms with Crippen LogP contribution >= 0.6 is 11.6 Å². The Morgan fingerprint density at radius 3 is 2.34 bits per heavy atom. The Bertz CT molecular complexity index is 1190. The summed E-state index contributed by atoms with van der Waals surface area (Å²) in [5.74, 6) is -0.271. The molecule has 2 aliphatic rings. The van der Waals surface area contributed by atoms with Crippen molar-refractivity contribution in [3.8, 4) is 5.75 Å². The summed E-state index contributed by atoms with van der Waals surface area (Å²) in [5, 5.41) is 4.06. The van der Waals surface area contributed by atoms with Gasteiger partial charge in [-0.05, 0) is 70.7 Å². The van der Waals surface area contributed by atoms with Gasteiger partial charge in [0.05, 0.1) is 23.7 Å². The van der Waals surface area contributed by atoms with Crippen molar-refractivity contribution in [1.29, 1.82) is 0 Å². The summed E-state index contributed by atoms with van der Waals surface area (Å²) in [6, 6.07) is 15.3. The van der Waals surface area contributed by atoms with Crippen LogP contribution < -0.4 is 10.1 Å². The van der Waals surface area contributed by atoms with Crippen molar-refractivity contribution in [3.05, 3.63) is 87.2 Å². The third kappa shape index (κ3) is 5.30. The van der Waals surface area contributed by atoms with Gasteiger partial charge in [-0.25, -0.2) is 4.79 Å². The lowest BCUT2D eigenvalue weighted by Crippen LogP contribution is -2.36. The lowest BCUT2D eigenvalue weighted by Gasteiger charge is -2.37. The monoisotopic (exact) mass is 493 g/mol. The minimum atomic E-state index is -0.564. The van der Waals surface area contributed by atoms with Gasteiger partial charge < -0.3 is 14.8 Å². The molecule has 1 N–H and O–H groups in total. The Balaban J connectivity index is 1.83. The molecule has 1 aliphatic carbocycles. The molecule has 0 saturated heterocycles. The molecule has 0 saturated carbocycles. The van der Waals surface area contributed by atoms with Gasteiger partial charge in [-0.2, -0.15) is 0 Å². The molecule has 0 fully saturated rings. The number of esters is 1. The summed E-state index contributed by atoms with van der Waals surface area (Å²) in [4.78, 5) is 27.1. The van der Waals surface area contributed by atoms with Gasteiger partial charge in [0.2, 0.25) is 0 Å². The fraction of sp³-hybridized carbons (Fsp3) is 0.379. The first-order valence-corrected chi connectivity index (χ1v) is 12.5. The van der Waals surface area contributed by atoms with Gasteiger partial charge in [0, 0.05) is 34.0 Å². The van der Waals surface area contributed by atoms with E-state index >= 15 is 0 Å². The normalized spacial score (nSPS) is 20.2. The van der Waals surface area contributed by atoms with E-state index in [4.69, 9.17) is 21.1 Å². The number of dihydropyridines is 1. The molecule has 0 amide bonds. The average molecular weight is 494 g/mol. The molecule has 1 aliphatic heterocycles. The van der Waals surface area contributed by atoms with Crippen LogP contribution in [0.15, 0.2) is 71.1 Å². The van der Waals surface area contributed by atoms with Gasteiger partial charge in [-0.15, -0.1) is 0 Å². The third-order valence-corrected chi connectivity index (χ3v) is 6.58. The second kappa shape index (κ2) is 10.3. The van der Waals surface area contributed by atoms with E-state index in [1.807, 2.05) is 83.1 Å². The summed E-state index contributed by atoms with van der Waals surface area (Å²) in [7, 11) is 0. The van der Waals surface area contributed by atoms with Crippen molar-refractivity contribution in [2.75, 3.05) is 0 Å². The molecule has 5 nitrogen and oxygen atoms in total. The zero-order valence-electron chi connectivity index (χ0n) is 20.9. The zero-order chi connectivity index (χ0) is 25.3. The van der Waals surface area contributed by atoms with E-state index in [-0.39, 0.29) is 23.9 Å². The maximum Gasteiger partial charge on any atom is 0.337 e. The zero-order valence-corrected chi connectivity index (χ0v) is 21.6. The van der Waals surface area contributed by atoms with Crippen molar-refractivity contribution in [2.45, 2.75) is 71.5 Å². The summed E-state index contributed by atoms with van der Waals surface area (Å²) >= 11 is 6.08. The summed E-state index contributed by atoms with van der Waals surface area (Å²) < 4.78 is 11.7. The summed E-state index contributed by atoms with van der Waals surface area (Å²) in [6.07, 6.45) is 0.685. The second-order valence-corrected chi connectivity index (χ2v) is 10.2. The number of carbonyl (C=O) groups is 2. The van der Waals surface area contributed by atoms with Crippen molar-refractivity contribution in [2.24, 2.45) is 0 Å². The fourth-order valence-corrected chi connectivity index (χ4v) is 5.08. The van der Waals surface area contributed by atoms with Gasteiger partial charge in [-0.1, -0.05) is 41.9 Å². The first-order valence-electron chi connectivity index (χ1n) is 12.1. The molecule has 1 heterocycles. The van der Waals surface area contributed by atoms with E-state index in [2.05, 4.69) is 5.32 Å². The van der Waals surface area contributed by atoms with Crippen molar-refractivity contribution in [3.63, 3.8) is 0 Å². The third-order valence-electron chi connectivity index (χ3n) is 6.32. The van der Waals surface area contributed by atoms with Crippen LogP contribution in [0.1, 0.15) is 70.4 Å². The molecule has 0 aromatic heterocycles. The number of rotatable bonds is 6. The number of nitrogens with one attached hydrogen (secondary N) is 1. The van der Waals surface area contributed by atoms with Crippen molar-refractivity contribution >= 4 is 23.4 Å². The number of hydrogen-bond acceptors (Lipinski definition) is 5. The van der Waals surface area contributed by atoms with E-state index in [0.717, 1.165) is 16.8 Å². The molecule has 0 radical (unpaired) electrons. The van der Waals surface area contributed by atoms with Crippen LogP contribution in [-0.2, 0) is 14.3 Å². The number of hydrogen-bond donors (Lipinski definition) is 1. The molecule has 2 atom stereocenters. The van der Waals surface area contributed by atoms with E-state index in [0.29, 0.717) is 40.5 Å². The molecule has 2 aromatic carbocycles. The van der Waals surface area contributed by atoms with Gasteiger partial charge in [0.25, 0.3) is 0 Å². The fourth-order valence-electron chi connectivity index (χ4n) is 4.95. The van der Waals surface area contributed by atoms with Crippen LogP contribution in [0.5, 0.6) is 5.75 Å². The molecule has 0 unspecified atom stereocenters. The van der Waals surface area contributed by atoms with E-state index in [9.17, 15) is 9.59 Å². The number of halogens is 1. The van der Waals surface area contributed by atoms with E-state index < -0.39 is 11.9 Å². The smallest absolute Gasteiger partial charge is 0.337 e. The number of Topliss-reactive ketones (excluding diaryl/α,β-unsaturated/α-hetero) is 1.